The quantitative estimate of drug-likeness (QED) is 0.835. The number of benzene rings is 1. The largest absolute Gasteiger partial charge is 0.439 e. The Bertz CT molecular complexity index is 587. The maximum Gasteiger partial charge on any atom is 0.227 e. The molecule has 2 rings (SSSR count). The first-order valence-corrected chi connectivity index (χ1v) is 7.24. The number of halogens is 1. The van der Waals surface area contributed by atoms with Gasteiger partial charge in [-0.15, -0.1) is 0 Å². The number of nitrogens with two attached hydrogens (primary N) is 1. The maximum absolute atomic E-state index is 5.90. The summed E-state index contributed by atoms with van der Waals surface area (Å²) in [6.07, 6.45) is 1.78. The molecule has 100 valence electrons. The molecule has 1 aromatic heterocycles. The van der Waals surface area contributed by atoms with E-state index < -0.39 is 0 Å². The molecule has 5 heteroatoms. The van der Waals surface area contributed by atoms with E-state index in [1.54, 1.807) is 0 Å². The average Bonchev–Trinajstić information content (AvgIpc) is 2.36. The molecule has 19 heavy (non-hydrogen) atoms. The van der Waals surface area contributed by atoms with Gasteiger partial charge in [-0.1, -0.05) is 13.0 Å². The number of nitrogens with zero attached hydrogens (tertiary/aromatic N) is 2. The molecule has 0 saturated carbocycles. The molecule has 0 fully saturated rings. The van der Waals surface area contributed by atoms with E-state index in [1.165, 1.54) is 0 Å². The molecule has 2 N–H and O–H groups in total. The zero-order chi connectivity index (χ0) is 13.8. The van der Waals surface area contributed by atoms with E-state index in [2.05, 4.69) is 39.5 Å². The fourth-order valence-corrected chi connectivity index (χ4v) is 2.15. The lowest BCUT2D eigenvalue weighted by molar-refractivity contribution is 0.454. The van der Waals surface area contributed by atoms with Crippen molar-refractivity contribution in [3.63, 3.8) is 0 Å². The highest BCUT2D eigenvalue weighted by Crippen LogP contribution is 2.26. The summed E-state index contributed by atoms with van der Waals surface area (Å²) in [5, 5.41) is 0. The van der Waals surface area contributed by atoms with Crippen LogP contribution in [0.15, 0.2) is 24.3 Å². The van der Waals surface area contributed by atoms with Gasteiger partial charge in [0.05, 0.1) is 5.56 Å². The third kappa shape index (κ3) is 3.56. The molecule has 0 aliphatic rings. The zero-order valence-electron chi connectivity index (χ0n) is 11.0. The summed E-state index contributed by atoms with van der Waals surface area (Å²) in [5.74, 6) is 2.51. The number of hydrogen-bond acceptors (Lipinski definition) is 4. The Balaban J connectivity index is 2.33. The van der Waals surface area contributed by atoms with Crippen LogP contribution in [0.25, 0.3) is 0 Å². The zero-order valence-corrected chi connectivity index (χ0v) is 13.1. The van der Waals surface area contributed by atoms with Crippen molar-refractivity contribution in [3.05, 3.63) is 39.2 Å². The van der Waals surface area contributed by atoms with Crippen LogP contribution >= 0.6 is 22.6 Å². The van der Waals surface area contributed by atoms with Crippen molar-refractivity contribution in [1.82, 2.24) is 9.97 Å². The second-order valence-corrected chi connectivity index (χ2v) is 5.51. The van der Waals surface area contributed by atoms with E-state index in [0.717, 1.165) is 33.5 Å². The Morgan fingerprint density at radius 1 is 1.32 bits per heavy atom. The predicted octanol–water partition coefficient (Wildman–Crippen LogP) is 3.72. The molecule has 1 heterocycles. The SMILES string of the molecule is CCCc1nc(N)c(C)c(Oc2cccc(I)c2)n1. The summed E-state index contributed by atoms with van der Waals surface area (Å²) in [6, 6.07) is 7.82. The summed E-state index contributed by atoms with van der Waals surface area (Å²) in [4.78, 5) is 8.70. The van der Waals surface area contributed by atoms with E-state index in [-0.39, 0.29) is 0 Å². The van der Waals surface area contributed by atoms with Gasteiger partial charge in [0.15, 0.2) is 0 Å². The van der Waals surface area contributed by atoms with Gasteiger partial charge in [0.25, 0.3) is 0 Å². The molecule has 0 unspecified atom stereocenters. The smallest absolute Gasteiger partial charge is 0.227 e. The lowest BCUT2D eigenvalue weighted by Crippen LogP contribution is -2.05. The van der Waals surface area contributed by atoms with Crippen LogP contribution in [0.4, 0.5) is 5.82 Å². The number of hydrogen-bond donors (Lipinski definition) is 1. The topological polar surface area (TPSA) is 61.0 Å². The van der Waals surface area contributed by atoms with Crippen LogP contribution in [0.1, 0.15) is 24.7 Å². The van der Waals surface area contributed by atoms with Gasteiger partial charge in [0.2, 0.25) is 5.88 Å². The van der Waals surface area contributed by atoms with Crippen molar-refractivity contribution in [2.45, 2.75) is 26.7 Å². The van der Waals surface area contributed by atoms with Gasteiger partial charge in [-0.25, -0.2) is 4.98 Å². The maximum atomic E-state index is 5.90. The lowest BCUT2D eigenvalue weighted by Gasteiger charge is -2.11. The van der Waals surface area contributed by atoms with E-state index in [4.69, 9.17) is 10.5 Å². The van der Waals surface area contributed by atoms with Gasteiger partial charge < -0.3 is 10.5 Å². The molecular weight excluding hydrogens is 353 g/mol. The molecule has 4 nitrogen and oxygen atoms in total. The second-order valence-electron chi connectivity index (χ2n) is 4.26. The highest BCUT2D eigenvalue weighted by molar-refractivity contribution is 14.1. The van der Waals surface area contributed by atoms with E-state index in [1.807, 2.05) is 31.2 Å². The normalized spacial score (nSPS) is 10.5. The van der Waals surface area contributed by atoms with Gasteiger partial charge in [-0.05, 0) is 54.1 Å². The first-order chi connectivity index (χ1) is 9.10. The molecule has 0 spiro atoms. The van der Waals surface area contributed by atoms with Crippen molar-refractivity contribution in [1.29, 1.82) is 0 Å². The van der Waals surface area contributed by atoms with Crippen LogP contribution in [-0.4, -0.2) is 9.97 Å². The van der Waals surface area contributed by atoms with E-state index in [9.17, 15) is 0 Å². The minimum Gasteiger partial charge on any atom is -0.439 e. The Morgan fingerprint density at radius 3 is 2.79 bits per heavy atom. The Kier molecular flexibility index (Phi) is 4.57. The van der Waals surface area contributed by atoms with Gasteiger partial charge >= 0.3 is 0 Å². The van der Waals surface area contributed by atoms with Crippen LogP contribution in [0.5, 0.6) is 11.6 Å². The number of rotatable bonds is 4. The van der Waals surface area contributed by atoms with Crippen LogP contribution in [0.3, 0.4) is 0 Å². The molecule has 0 saturated heterocycles. The summed E-state index contributed by atoms with van der Waals surface area (Å²) in [6.45, 7) is 3.95. The monoisotopic (exact) mass is 369 g/mol. The molecule has 0 aliphatic heterocycles. The Labute approximate surface area is 126 Å². The number of nitrogen functional groups attached to an aromatic ring is 1. The molecule has 1 aromatic carbocycles. The Hall–Kier alpha value is -1.37. The number of aryl methyl sites for hydroxylation is 1. The molecule has 0 atom stereocenters. The number of ether oxygens (including phenoxy) is 1. The second kappa shape index (κ2) is 6.18. The number of aromatic nitrogens is 2. The third-order valence-electron chi connectivity index (χ3n) is 2.67. The van der Waals surface area contributed by atoms with Crippen LogP contribution in [0.2, 0.25) is 0 Å². The van der Waals surface area contributed by atoms with Gasteiger partial charge in [-0.2, -0.15) is 4.98 Å². The van der Waals surface area contributed by atoms with Crippen molar-refractivity contribution in [2.24, 2.45) is 0 Å². The molecular formula is C14H16IN3O. The third-order valence-corrected chi connectivity index (χ3v) is 3.34. The summed E-state index contributed by atoms with van der Waals surface area (Å²) < 4.78 is 6.94. The van der Waals surface area contributed by atoms with Crippen LogP contribution in [0, 0.1) is 10.5 Å². The first kappa shape index (κ1) is 14.0. The van der Waals surface area contributed by atoms with Crippen molar-refractivity contribution >= 4 is 28.4 Å². The highest BCUT2D eigenvalue weighted by atomic mass is 127. The molecule has 0 amide bonds. The van der Waals surface area contributed by atoms with Crippen LogP contribution in [-0.2, 0) is 6.42 Å². The molecule has 0 bridgehead atoms. The van der Waals surface area contributed by atoms with E-state index in [0.29, 0.717) is 11.7 Å². The van der Waals surface area contributed by atoms with Gasteiger partial charge in [-0.3, -0.25) is 0 Å². The van der Waals surface area contributed by atoms with Crippen molar-refractivity contribution < 1.29 is 4.74 Å². The van der Waals surface area contributed by atoms with Crippen molar-refractivity contribution in [2.75, 3.05) is 5.73 Å². The minimum absolute atomic E-state index is 0.485. The average molecular weight is 369 g/mol. The highest BCUT2D eigenvalue weighted by Gasteiger charge is 2.10. The standard InChI is InChI=1S/C14H16IN3O/c1-3-5-12-17-13(16)9(2)14(18-12)19-11-7-4-6-10(15)8-11/h4,6-8H,3,5H2,1-2H3,(H2,16,17,18). The van der Waals surface area contributed by atoms with E-state index >= 15 is 0 Å². The fourth-order valence-electron chi connectivity index (χ4n) is 1.64. The first-order valence-electron chi connectivity index (χ1n) is 6.16. The molecule has 0 aliphatic carbocycles. The summed E-state index contributed by atoms with van der Waals surface area (Å²) in [5.41, 5.74) is 6.68. The lowest BCUT2D eigenvalue weighted by atomic mass is 10.3. The fraction of sp³-hybridized carbons (Fsp3) is 0.286. The molecule has 2 aromatic rings. The Morgan fingerprint density at radius 2 is 2.11 bits per heavy atom. The van der Waals surface area contributed by atoms with Crippen molar-refractivity contribution in [3.8, 4) is 11.6 Å². The summed E-state index contributed by atoms with van der Waals surface area (Å²) in [7, 11) is 0. The van der Waals surface area contributed by atoms with Gasteiger partial charge in [0.1, 0.15) is 17.4 Å². The predicted molar refractivity (Wildman–Crippen MR) is 84.4 cm³/mol. The molecule has 0 radical (unpaired) electrons. The van der Waals surface area contributed by atoms with Gasteiger partial charge in [0, 0.05) is 9.99 Å². The number of anilines is 1. The summed E-state index contributed by atoms with van der Waals surface area (Å²) >= 11 is 2.25. The minimum atomic E-state index is 0.485. The van der Waals surface area contributed by atoms with Crippen LogP contribution < -0.4 is 10.5 Å².